The summed E-state index contributed by atoms with van der Waals surface area (Å²) in [5, 5.41) is 0. The molecule has 4 nitrogen and oxygen atoms in total. The number of nitrogens with zero attached hydrogens (tertiary/aromatic N) is 3. The van der Waals surface area contributed by atoms with Crippen molar-refractivity contribution in [3.63, 3.8) is 0 Å². The molecule has 142 valence electrons. The quantitative estimate of drug-likeness (QED) is 0.807. The first-order valence-corrected chi connectivity index (χ1v) is 10.2. The summed E-state index contributed by atoms with van der Waals surface area (Å²) >= 11 is 0. The van der Waals surface area contributed by atoms with E-state index in [4.69, 9.17) is 0 Å². The van der Waals surface area contributed by atoms with Crippen LogP contribution in [0.25, 0.3) is 0 Å². The number of hydrogen-bond acceptors (Lipinski definition) is 3. The van der Waals surface area contributed by atoms with Crippen LogP contribution in [-0.2, 0) is 6.42 Å². The molecule has 1 atom stereocenters. The normalized spacial score (nSPS) is 20.2. The van der Waals surface area contributed by atoms with E-state index in [1.807, 2.05) is 31.1 Å². The molecule has 27 heavy (non-hydrogen) atoms. The molecule has 0 radical (unpaired) electrons. The number of anilines is 1. The number of aromatic nitrogens is 1. The number of benzene rings is 1. The Morgan fingerprint density at radius 2 is 1.85 bits per heavy atom. The molecule has 1 aliphatic heterocycles. The third kappa shape index (κ3) is 3.45. The fourth-order valence-electron chi connectivity index (χ4n) is 4.86. The molecule has 0 N–H and O–H groups in total. The average molecular weight is 364 g/mol. The molecule has 1 aromatic heterocycles. The van der Waals surface area contributed by atoms with Gasteiger partial charge in [-0.1, -0.05) is 43.5 Å². The van der Waals surface area contributed by atoms with Gasteiger partial charge in [0.05, 0.1) is 11.6 Å². The second-order valence-corrected chi connectivity index (χ2v) is 8.06. The minimum Gasteiger partial charge on any atom is -0.362 e. The van der Waals surface area contributed by atoms with E-state index >= 15 is 0 Å². The largest absolute Gasteiger partial charge is 0.362 e. The van der Waals surface area contributed by atoms with Crippen molar-refractivity contribution in [3.8, 4) is 0 Å². The molecular weight excluding hydrogens is 334 g/mol. The van der Waals surface area contributed by atoms with Gasteiger partial charge in [-0.2, -0.15) is 0 Å². The predicted octanol–water partition coefficient (Wildman–Crippen LogP) is 4.47. The van der Waals surface area contributed by atoms with Gasteiger partial charge in [-0.3, -0.25) is 4.79 Å². The second-order valence-electron chi connectivity index (χ2n) is 8.06. The minimum atomic E-state index is 0.122. The van der Waals surface area contributed by atoms with Crippen LogP contribution in [0.3, 0.4) is 0 Å². The molecular formula is C23H29N3O. The van der Waals surface area contributed by atoms with Gasteiger partial charge in [0.1, 0.15) is 5.82 Å². The van der Waals surface area contributed by atoms with Gasteiger partial charge in [0.15, 0.2) is 0 Å². The zero-order valence-corrected chi connectivity index (χ0v) is 16.4. The van der Waals surface area contributed by atoms with Crippen LogP contribution in [0.5, 0.6) is 0 Å². The molecule has 2 aromatic rings. The lowest BCUT2D eigenvalue weighted by molar-refractivity contribution is 0.0540. The number of amides is 1. The van der Waals surface area contributed by atoms with Gasteiger partial charge in [-0.15, -0.1) is 0 Å². The third-order valence-corrected chi connectivity index (χ3v) is 6.13. The van der Waals surface area contributed by atoms with Gasteiger partial charge in [-0.25, -0.2) is 4.98 Å². The van der Waals surface area contributed by atoms with Gasteiger partial charge in [0, 0.05) is 26.8 Å². The van der Waals surface area contributed by atoms with Crippen LogP contribution in [0.4, 0.5) is 5.82 Å². The lowest BCUT2D eigenvalue weighted by Crippen LogP contribution is -2.44. The molecule has 1 fully saturated rings. The molecule has 2 aliphatic rings. The fraction of sp³-hybridized carbons (Fsp3) is 0.478. The van der Waals surface area contributed by atoms with Crippen LogP contribution in [0.15, 0.2) is 42.6 Å². The summed E-state index contributed by atoms with van der Waals surface area (Å²) in [7, 11) is 3.90. The maximum absolute atomic E-state index is 13.6. The van der Waals surface area contributed by atoms with E-state index in [1.54, 1.807) is 6.20 Å². The molecule has 1 unspecified atom stereocenters. The lowest BCUT2D eigenvalue weighted by atomic mass is 9.77. The van der Waals surface area contributed by atoms with E-state index in [2.05, 4.69) is 34.1 Å². The van der Waals surface area contributed by atoms with Gasteiger partial charge in [0.25, 0.3) is 5.91 Å². The summed E-state index contributed by atoms with van der Waals surface area (Å²) in [5.41, 5.74) is 3.48. The van der Waals surface area contributed by atoms with E-state index < -0.39 is 0 Å². The molecule has 1 amide bonds. The Morgan fingerprint density at radius 1 is 1.07 bits per heavy atom. The molecule has 4 rings (SSSR count). The summed E-state index contributed by atoms with van der Waals surface area (Å²) in [4.78, 5) is 22.2. The maximum atomic E-state index is 13.6. The Labute approximate surface area is 162 Å². The Bertz CT molecular complexity index is 811. The van der Waals surface area contributed by atoms with Crippen molar-refractivity contribution in [2.24, 2.45) is 5.92 Å². The molecule has 0 saturated heterocycles. The summed E-state index contributed by atoms with van der Waals surface area (Å²) < 4.78 is 0. The highest BCUT2D eigenvalue weighted by Gasteiger charge is 2.37. The molecule has 0 spiro atoms. The van der Waals surface area contributed by atoms with Crippen LogP contribution >= 0.6 is 0 Å². The Balaban J connectivity index is 1.73. The summed E-state index contributed by atoms with van der Waals surface area (Å²) in [5.74, 6) is 1.43. The van der Waals surface area contributed by atoms with Crippen LogP contribution in [0, 0.1) is 5.92 Å². The predicted molar refractivity (Wildman–Crippen MR) is 109 cm³/mol. The standard InChI is InChI=1S/C23H29N3O/c1-25(2)22-20(13-8-15-24-22)23(27)26-16-14-17-9-6-7-12-19(17)21(26)18-10-4-3-5-11-18/h6-9,12-13,15,18,21H,3-5,10-11,14,16H2,1-2H3. The van der Waals surface area contributed by atoms with Crippen molar-refractivity contribution in [1.82, 2.24) is 9.88 Å². The van der Waals surface area contributed by atoms with Gasteiger partial charge >= 0.3 is 0 Å². The van der Waals surface area contributed by atoms with Crippen LogP contribution in [-0.4, -0.2) is 36.4 Å². The average Bonchev–Trinajstić information content (AvgIpc) is 2.73. The number of carbonyl (C=O) groups excluding carboxylic acids is 1. The Kier molecular flexibility index (Phi) is 5.15. The highest BCUT2D eigenvalue weighted by molar-refractivity contribution is 5.99. The maximum Gasteiger partial charge on any atom is 0.258 e. The van der Waals surface area contributed by atoms with Crippen LogP contribution in [0.1, 0.15) is 59.6 Å². The third-order valence-electron chi connectivity index (χ3n) is 6.13. The van der Waals surface area contributed by atoms with Gasteiger partial charge < -0.3 is 9.80 Å². The summed E-state index contributed by atoms with van der Waals surface area (Å²) in [6, 6.07) is 12.7. The monoisotopic (exact) mass is 363 g/mol. The van der Waals surface area contributed by atoms with Gasteiger partial charge in [0.2, 0.25) is 0 Å². The number of carbonyl (C=O) groups is 1. The number of rotatable bonds is 3. The van der Waals surface area contributed by atoms with Crippen molar-refractivity contribution in [3.05, 3.63) is 59.3 Å². The first kappa shape index (κ1) is 18.0. The SMILES string of the molecule is CN(C)c1ncccc1C(=O)N1CCc2ccccc2C1C1CCCCC1. The van der Waals surface area contributed by atoms with Gasteiger partial charge in [-0.05, 0) is 48.4 Å². The lowest BCUT2D eigenvalue weighted by Gasteiger charge is -2.43. The number of fused-ring (bicyclic) bond motifs is 1. The molecule has 1 aliphatic carbocycles. The van der Waals surface area contributed by atoms with E-state index in [0.717, 1.165) is 18.8 Å². The van der Waals surface area contributed by atoms with E-state index in [0.29, 0.717) is 11.5 Å². The summed E-state index contributed by atoms with van der Waals surface area (Å²) in [6.45, 7) is 0.790. The van der Waals surface area contributed by atoms with Crippen molar-refractivity contribution in [1.29, 1.82) is 0 Å². The number of pyridine rings is 1. The molecule has 2 heterocycles. The highest BCUT2D eigenvalue weighted by Crippen LogP contribution is 2.42. The Morgan fingerprint density at radius 3 is 2.63 bits per heavy atom. The van der Waals surface area contributed by atoms with E-state index in [9.17, 15) is 4.79 Å². The molecule has 4 heteroatoms. The van der Waals surface area contributed by atoms with Crippen molar-refractivity contribution in [2.45, 2.75) is 44.6 Å². The first-order chi connectivity index (χ1) is 13.2. The number of hydrogen-bond donors (Lipinski definition) is 0. The van der Waals surface area contributed by atoms with Crippen LogP contribution < -0.4 is 4.90 Å². The van der Waals surface area contributed by atoms with Crippen molar-refractivity contribution >= 4 is 11.7 Å². The fourth-order valence-corrected chi connectivity index (χ4v) is 4.86. The van der Waals surface area contributed by atoms with E-state index in [-0.39, 0.29) is 11.9 Å². The first-order valence-electron chi connectivity index (χ1n) is 10.2. The summed E-state index contributed by atoms with van der Waals surface area (Å²) in [6.07, 6.45) is 9.01. The molecule has 0 bridgehead atoms. The smallest absolute Gasteiger partial charge is 0.258 e. The van der Waals surface area contributed by atoms with E-state index in [1.165, 1.54) is 43.2 Å². The zero-order valence-electron chi connectivity index (χ0n) is 16.4. The highest BCUT2D eigenvalue weighted by atomic mass is 16.2. The molecule has 1 saturated carbocycles. The Hall–Kier alpha value is -2.36. The van der Waals surface area contributed by atoms with Crippen molar-refractivity contribution in [2.75, 3.05) is 25.5 Å². The van der Waals surface area contributed by atoms with Crippen LogP contribution in [0.2, 0.25) is 0 Å². The molecule has 1 aromatic carbocycles. The topological polar surface area (TPSA) is 36.4 Å². The van der Waals surface area contributed by atoms with Crippen molar-refractivity contribution < 1.29 is 4.79 Å². The second kappa shape index (κ2) is 7.71. The zero-order chi connectivity index (χ0) is 18.8. The minimum absolute atomic E-state index is 0.122.